The Hall–Kier alpha value is -0.120. The van der Waals surface area contributed by atoms with Crippen LogP contribution in [0.1, 0.15) is 6.92 Å². The lowest BCUT2D eigenvalue weighted by Gasteiger charge is -2.09. The maximum Gasteiger partial charge on any atom is 0.154 e. The summed E-state index contributed by atoms with van der Waals surface area (Å²) in [5.41, 5.74) is 0. The quantitative estimate of drug-likeness (QED) is 0.429. The monoisotopic (exact) mass is 133 g/mol. The number of likely N-dealkylation sites (N-methyl/N-ethyl adjacent to an activating group) is 1. The standard InChI is InChI=1S/C6H15NO2/c1-6(8-3)9-5-4-7-2/h6-7H,4-5H2,1-3H3. The molecule has 1 unspecified atom stereocenters. The lowest BCUT2D eigenvalue weighted by atomic mass is 10.6. The van der Waals surface area contributed by atoms with Crippen molar-refractivity contribution in [1.29, 1.82) is 0 Å². The number of hydrogen-bond acceptors (Lipinski definition) is 3. The molecule has 0 amide bonds. The molecule has 0 bridgehead atoms. The van der Waals surface area contributed by atoms with Gasteiger partial charge in [0.25, 0.3) is 0 Å². The average molecular weight is 133 g/mol. The van der Waals surface area contributed by atoms with E-state index in [1.165, 1.54) is 0 Å². The van der Waals surface area contributed by atoms with Gasteiger partial charge in [0.1, 0.15) is 0 Å². The summed E-state index contributed by atoms with van der Waals surface area (Å²) in [6, 6.07) is 0. The van der Waals surface area contributed by atoms with Gasteiger partial charge in [0.15, 0.2) is 6.29 Å². The molecule has 0 aliphatic heterocycles. The summed E-state index contributed by atoms with van der Waals surface area (Å²) in [5.74, 6) is 0. The van der Waals surface area contributed by atoms with Crippen molar-refractivity contribution in [1.82, 2.24) is 5.32 Å². The Balaban J connectivity index is 2.88. The normalized spacial score (nSPS) is 13.7. The van der Waals surface area contributed by atoms with Gasteiger partial charge < -0.3 is 14.8 Å². The molecular formula is C6H15NO2. The van der Waals surface area contributed by atoms with Gasteiger partial charge in [0, 0.05) is 13.7 Å². The van der Waals surface area contributed by atoms with Crippen molar-refractivity contribution in [3.63, 3.8) is 0 Å². The van der Waals surface area contributed by atoms with Crippen LogP contribution in [0.25, 0.3) is 0 Å². The highest BCUT2D eigenvalue weighted by atomic mass is 16.7. The predicted octanol–water partition coefficient (Wildman–Crippen LogP) is 0.215. The molecule has 3 heteroatoms. The van der Waals surface area contributed by atoms with E-state index in [0.29, 0.717) is 6.61 Å². The predicted molar refractivity (Wildman–Crippen MR) is 36.3 cm³/mol. The largest absolute Gasteiger partial charge is 0.356 e. The summed E-state index contributed by atoms with van der Waals surface area (Å²) in [6.45, 7) is 3.44. The third kappa shape index (κ3) is 5.76. The van der Waals surface area contributed by atoms with Gasteiger partial charge in [-0.05, 0) is 14.0 Å². The van der Waals surface area contributed by atoms with Crippen LogP contribution >= 0.6 is 0 Å². The molecule has 0 heterocycles. The minimum Gasteiger partial charge on any atom is -0.356 e. The van der Waals surface area contributed by atoms with Gasteiger partial charge in [-0.3, -0.25) is 0 Å². The third-order valence-corrected chi connectivity index (χ3v) is 1.04. The highest BCUT2D eigenvalue weighted by molar-refractivity contribution is 4.35. The van der Waals surface area contributed by atoms with E-state index in [-0.39, 0.29) is 6.29 Å². The number of hydrogen-bond donors (Lipinski definition) is 1. The summed E-state index contributed by atoms with van der Waals surface area (Å²) >= 11 is 0. The molecule has 0 spiro atoms. The van der Waals surface area contributed by atoms with E-state index < -0.39 is 0 Å². The molecule has 0 radical (unpaired) electrons. The smallest absolute Gasteiger partial charge is 0.154 e. The van der Waals surface area contributed by atoms with Crippen LogP contribution in [0, 0.1) is 0 Å². The zero-order valence-electron chi connectivity index (χ0n) is 6.31. The maximum absolute atomic E-state index is 5.15. The molecule has 9 heavy (non-hydrogen) atoms. The first kappa shape index (κ1) is 8.88. The molecule has 0 aliphatic carbocycles. The molecule has 1 atom stereocenters. The van der Waals surface area contributed by atoms with E-state index in [9.17, 15) is 0 Å². The number of rotatable bonds is 5. The van der Waals surface area contributed by atoms with Gasteiger partial charge in [0.05, 0.1) is 6.61 Å². The van der Waals surface area contributed by atoms with Crippen LogP contribution in [0.3, 0.4) is 0 Å². The van der Waals surface area contributed by atoms with E-state index in [0.717, 1.165) is 6.54 Å². The Bertz CT molecular complexity index is 59.0. The minimum atomic E-state index is -0.0849. The zero-order valence-corrected chi connectivity index (χ0v) is 6.31. The molecule has 0 aromatic carbocycles. The Kier molecular flexibility index (Phi) is 5.93. The molecule has 0 saturated heterocycles. The molecule has 0 fully saturated rings. The SMILES string of the molecule is CNCCOC(C)OC. The maximum atomic E-state index is 5.15. The van der Waals surface area contributed by atoms with Crippen molar-refractivity contribution in [3.8, 4) is 0 Å². The van der Waals surface area contributed by atoms with Crippen LogP contribution in [0.2, 0.25) is 0 Å². The van der Waals surface area contributed by atoms with E-state index in [4.69, 9.17) is 9.47 Å². The van der Waals surface area contributed by atoms with Gasteiger partial charge in [-0.15, -0.1) is 0 Å². The number of nitrogens with one attached hydrogen (secondary N) is 1. The van der Waals surface area contributed by atoms with Crippen molar-refractivity contribution in [2.45, 2.75) is 13.2 Å². The topological polar surface area (TPSA) is 30.5 Å². The van der Waals surface area contributed by atoms with E-state index in [1.54, 1.807) is 7.11 Å². The van der Waals surface area contributed by atoms with E-state index >= 15 is 0 Å². The Morgan fingerprint density at radius 2 is 2.22 bits per heavy atom. The Labute approximate surface area is 56.3 Å². The number of methoxy groups -OCH3 is 1. The Morgan fingerprint density at radius 1 is 1.56 bits per heavy atom. The van der Waals surface area contributed by atoms with Crippen LogP contribution in [-0.4, -0.2) is 33.6 Å². The van der Waals surface area contributed by atoms with Gasteiger partial charge in [0.2, 0.25) is 0 Å². The zero-order chi connectivity index (χ0) is 7.11. The van der Waals surface area contributed by atoms with Crippen molar-refractivity contribution in [3.05, 3.63) is 0 Å². The highest BCUT2D eigenvalue weighted by Gasteiger charge is 1.94. The highest BCUT2D eigenvalue weighted by Crippen LogP contribution is 1.87. The fourth-order valence-electron chi connectivity index (χ4n) is 0.395. The van der Waals surface area contributed by atoms with Gasteiger partial charge in [-0.2, -0.15) is 0 Å². The molecule has 0 rings (SSSR count). The molecule has 0 aromatic rings. The molecule has 0 aromatic heterocycles. The summed E-state index contributed by atoms with van der Waals surface area (Å²) in [6.07, 6.45) is -0.0849. The molecule has 3 nitrogen and oxygen atoms in total. The summed E-state index contributed by atoms with van der Waals surface area (Å²) in [4.78, 5) is 0. The third-order valence-electron chi connectivity index (χ3n) is 1.04. The minimum absolute atomic E-state index is 0.0849. The second-order valence-electron chi connectivity index (χ2n) is 1.78. The van der Waals surface area contributed by atoms with E-state index in [2.05, 4.69) is 5.32 Å². The van der Waals surface area contributed by atoms with Crippen molar-refractivity contribution in [2.24, 2.45) is 0 Å². The van der Waals surface area contributed by atoms with Crippen LogP contribution in [0.15, 0.2) is 0 Å². The molecular weight excluding hydrogens is 118 g/mol. The van der Waals surface area contributed by atoms with Crippen molar-refractivity contribution < 1.29 is 9.47 Å². The lowest BCUT2D eigenvalue weighted by Crippen LogP contribution is -2.19. The fraction of sp³-hybridized carbons (Fsp3) is 1.00. The first-order chi connectivity index (χ1) is 4.31. The van der Waals surface area contributed by atoms with Crippen LogP contribution < -0.4 is 5.32 Å². The molecule has 56 valence electrons. The lowest BCUT2D eigenvalue weighted by molar-refractivity contribution is -0.109. The summed E-state index contributed by atoms with van der Waals surface area (Å²) < 4.78 is 9.99. The fourth-order valence-corrected chi connectivity index (χ4v) is 0.395. The Morgan fingerprint density at radius 3 is 2.67 bits per heavy atom. The van der Waals surface area contributed by atoms with Crippen molar-refractivity contribution >= 4 is 0 Å². The average Bonchev–Trinajstić information content (AvgIpc) is 1.89. The van der Waals surface area contributed by atoms with Gasteiger partial charge in [-0.25, -0.2) is 0 Å². The van der Waals surface area contributed by atoms with Crippen molar-refractivity contribution in [2.75, 3.05) is 27.3 Å². The van der Waals surface area contributed by atoms with Gasteiger partial charge in [-0.1, -0.05) is 0 Å². The van der Waals surface area contributed by atoms with Crippen LogP contribution in [-0.2, 0) is 9.47 Å². The summed E-state index contributed by atoms with van der Waals surface area (Å²) in [7, 11) is 3.52. The van der Waals surface area contributed by atoms with Crippen LogP contribution in [0.4, 0.5) is 0 Å². The number of ether oxygens (including phenoxy) is 2. The first-order valence-electron chi connectivity index (χ1n) is 3.10. The second-order valence-corrected chi connectivity index (χ2v) is 1.78. The summed E-state index contributed by atoms with van der Waals surface area (Å²) in [5, 5.41) is 2.97. The first-order valence-corrected chi connectivity index (χ1v) is 3.10. The molecule has 0 aliphatic rings. The van der Waals surface area contributed by atoms with Gasteiger partial charge >= 0.3 is 0 Å². The van der Waals surface area contributed by atoms with E-state index in [1.807, 2.05) is 14.0 Å². The molecule has 1 N–H and O–H groups in total. The molecule has 0 saturated carbocycles. The second kappa shape index (κ2) is 6.01. The van der Waals surface area contributed by atoms with Crippen LogP contribution in [0.5, 0.6) is 0 Å².